The number of hydrogen-bond donors (Lipinski definition) is 0. The van der Waals surface area contributed by atoms with E-state index in [1.165, 1.54) is 12.1 Å². The lowest BCUT2D eigenvalue weighted by Gasteiger charge is -2.08. The molecule has 2 aliphatic rings. The molecule has 86 valence electrons. The highest BCUT2D eigenvalue weighted by atomic mass is 19.4. The van der Waals surface area contributed by atoms with Crippen molar-refractivity contribution < 1.29 is 17.9 Å². The van der Waals surface area contributed by atoms with Crippen LogP contribution < -0.4 is 4.74 Å². The zero-order chi connectivity index (χ0) is 12.0. The van der Waals surface area contributed by atoms with Gasteiger partial charge in [-0.1, -0.05) is 6.07 Å². The monoisotopic (exact) mass is 236 g/mol. The molecule has 0 amide bonds. The average Bonchev–Trinajstić information content (AvgIpc) is 2.95. The van der Waals surface area contributed by atoms with Crippen LogP contribution in [-0.2, 0) is 6.18 Å². The van der Waals surface area contributed by atoms with E-state index in [0.29, 0.717) is 11.5 Å². The van der Waals surface area contributed by atoms with Gasteiger partial charge in [0.25, 0.3) is 0 Å². The van der Waals surface area contributed by atoms with E-state index in [1.54, 1.807) is 0 Å². The first-order chi connectivity index (χ1) is 8.04. The molecule has 1 aromatic carbocycles. The van der Waals surface area contributed by atoms with Crippen molar-refractivity contribution in [3.05, 3.63) is 48.0 Å². The van der Waals surface area contributed by atoms with Crippen LogP contribution in [0.3, 0.4) is 0 Å². The molecule has 4 heteroatoms. The summed E-state index contributed by atoms with van der Waals surface area (Å²) in [4.78, 5) is 0. The Kier molecular flexibility index (Phi) is 1.96. The van der Waals surface area contributed by atoms with Crippen molar-refractivity contribution in [2.45, 2.75) is 6.18 Å². The van der Waals surface area contributed by atoms with Gasteiger partial charge in [0.05, 0.1) is 5.56 Å². The molecule has 0 bridgehead atoms. The van der Waals surface area contributed by atoms with Crippen molar-refractivity contribution in [2.24, 2.45) is 0 Å². The molecule has 0 fully saturated rings. The molecule has 0 N–H and O–H groups in total. The quantitative estimate of drug-likeness (QED) is 0.637. The molecule has 0 aromatic heterocycles. The van der Waals surface area contributed by atoms with Crippen molar-refractivity contribution in [1.29, 1.82) is 0 Å². The minimum Gasteiger partial charge on any atom is -0.457 e. The molecular formula is C13H7F3O. The van der Waals surface area contributed by atoms with Gasteiger partial charge in [-0.25, -0.2) is 0 Å². The maximum absolute atomic E-state index is 12.3. The Labute approximate surface area is 95.5 Å². The number of ether oxygens (including phenoxy) is 1. The van der Waals surface area contributed by atoms with Crippen molar-refractivity contribution in [3.63, 3.8) is 0 Å². The van der Waals surface area contributed by atoms with Gasteiger partial charge >= 0.3 is 6.18 Å². The van der Waals surface area contributed by atoms with Crippen LogP contribution in [0.25, 0.3) is 11.1 Å². The van der Waals surface area contributed by atoms with Gasteiger partial charge in [-0.3, -0.25) is 0 Å². The summed E-state index contributed by atoms with van der Waals surface area (Å²) in [5, 5.41) is 0. The van der Waals surface area contributed by atoms with E-state index in [9.17, 15) is 13.2 Å². The van der Waals surface area contributed by atoms with E-state index in [2.05, 4.69) is 0 Å². The van der Waals surface area contributed by atoms with E-state index < -0.39 is 11.7 Å². The highest BCUT2D eigenvalue weighted by Crippen LogP contribution is 2.45. The molecule has 1 nitrogen and oxygen atoms in total. The summed E-state index contributed by atoms with van der Waals surface area (Å²) in [7, 11) is 0. The molecule has 1 aromatic rings. The molecule has 3 rings (SSSR count). The summed E-state index contributed by atoms with van der Waals surface area (Å²) in [6.45, 7) is 0. The number of hydrogen-bond acceptors (Lipinski definition) is 1. The predicted molar refractivity (Wildman–Crippen MR) is 57.0 cm³/mol. The van der Waals surface area contributed by atoms with Crippen LogP contribution in [0, 0.1) is 0 Å². The van der Waals surface area contributed by atoms with Crippen LogP contribution in [-0.4, -0.2) is 0 Å². The largest absolute Gasteiger partial charge is 0.457 e. The Balaban J connectivity index is 1.79. The number of alkyl halides is 3. The first kappa shape index (κ1) is 10.2. The first-order valence-electron chi connectivity index (χ1n) is 5.03. The van der Waals surface area contributed by atoms with Gasteiger partial charge in [0, 0.05) is 5.56 Å². The molecule has 2 aliphatic carbocycles. The van der Waals surface area contributed by atoms with Crippen LogP contribution in [0.4, 0.5) is 13.2 Å². The second-order valence-electron chi connectivity index (χ2n) is 3.84. The second kappa shape index (κ2) is 3.26. The number of benzene rings is 2. The fourth-order valence-electron chi connectivity index (χ4n) is 1.65. The molecule has 0 heterocycles. The van der Waals surface area contributed by atoms with Crippen molar-refractivity contribution in [3.8, 4) is 22.6 Å². The fourth-order valence-corrected chi connectivity index (χ4v) is 1.65. The molecular weight excluding hydrogens is 229 g/mol. The maximum atomic E-state index is 12.3. The van der Waals surface area contributed by atoms with Gasteiger partial charge in [0.15, 0.2) is 0 Å². The number of fused-ring (bicyclic) bond motifs is 1. The minimum atomic E-state index is -4.31. The van der Waals surface area contributed by atoms with Gasteiger partial charge in [-0.2, -0.15) is 13.2 Å². The summed E-state index contributed by atoms with van der Waals surface area (Å²) in [5.74, 6) is 1.10. The summed E-state index contributed by atoms with van der Waals surface area (Å²) in [5.41, 5.74) is 1.49. The van der Waals surface area contributed by atoms with E-state index in [0.717, 1.165) is 23.3 Å². The normalized spacial score (nSPS) is 12.4. The van der Waals surface area contributed by atoms with E-state index in [4.69, 9.17) is 4.74 Å². The fraction of sp³-hybridized carbons (Fsp3) is 0.0769. The summed E-state index contributed by atoms with van der Waals surface area (Å²) >= 11 is 0. The Morgan fingerprint density at radius 3 is 2.06 bits per heavy atom. The summed E-state index contributed by atoms with van der Waals surface area (Å²) < 4.78 is 42.4. The van der Waals surface area contributed by atoms with Crippen LogP contribution in [0.5, 0.6) is 11.5 Å². The minimum absolute atomic E-state index is 0.409. The van der Waals surface area contributed by atoms with Gasteiger partial charge in [-0.05, 0) is 42.0 Å². The standard InChI is InChI=1S/C13H7F3O/c14-13(15,16)9-2-4-10(5-3-9)17-12-6-1-8-7-11(8)12/h1-7H. The van der Waals surface area contributed by atoms with Gasteiger partial charge in [0.1, 0.15) is 11.5 Å². The third-order valence-corrected chi connectivity index (χ3v) is 2.62. The Morgan fingerprint density at radius 2 is 1.59 bits per heavy atom. The Hall–Kier alpha value is -1.97. The number of halogens is 3. The predicted octanol–water partition coefficient (Wildman–Crippen LogP) is 4.48. The zero-order valence-electron chi connectivity index (χ0n) is 8.58. The molecule has 17 heavy (non-hydrogen) atoms. The molecule has 0 saturated heterocycles. The first-order valence-corrected chi connectivity index (χ1v) is 5.03. The number of rotatable bonds is 2. The maximum Gasteiger partial charge on any atom is 0.416 e. The molecule has 0 aliphatic heterocycles. The zero-order valence-corrected chi connectivity index (χ0v) is 8.58. The smallest absolute Gasteiger partial charge is 0.416 e. The highest BCUT2D eigenvalue weighted by molar-refractivity contribution is 5.87. The third kappa shape index (κ3) is 1.86. The molecule has 0 radical (unpaired) electrons. The Bertz CT molecular complexity index is 570. The van der Waals surface area contributed by atoms with E-state index in [1.807, 2.05) is 18.2 Å². The van der Waals surface area contributed by atoms with E-state index >= 15 is 0 Å². The third-order valence-electron chi connectivity index (χ3n) is 2.62. The van der Waals surface area contributed by atoms with Crippen LogP contribution in [0.15, 0.2) is 42.5 Å². The second-order valence-corrected chi connectivity index (χ2v) is 3.84. The summed E-state index contributed by atoms with van der Waals surface area (Å²) in [6.07, 6.45) is -4.31. The lowest BCUT2D eigenvalue weighted by atomic mass is 10.2. The molecule has 0 spiro atoms. The molecule has 0 atom stereocenters. The van der Waals surface area contributed by atoms with Crippen LogP contribution >= 0.6 is 0 Å². The highest BCUT2D eigenvalue weighted by Gasteiger charge is 2.30. The van der Waals surface area contributed by atoms with Gasteiger partial charge < -0.3 is 4.74 Å². The lowest BCUT2D eigenvalue weighted by molar-refractivity contribution is -0.137. The van der Waals surface area contributed by atoms with Crippen molar-refractivity contribution >= 4 is 0 Å². The molecule has 0 saturated carbocycles. The molecule has 0 unspecified atom stereocenters. The topological polar surface area (TPSA) is 9.23 Å². The van der Waals surface area contributed by atoms with E-state index in [-0.39, 0.29) is 0 Å². The van der Waals surface area contributed by atoms with Gasteiger partial charge in [-0.15, -0.1) is 0 Å². The van der Waals surface area contributed by atoms with Gasteiger partial charge in [0.2, 0.25) is 0 Å². The Morgan fingerprint density at radius 1 is 0.882 bits per heavy atom. The summed E-state index contributed by atoms with van der Waals surface area (Å²) in [6, 6.07) is 10.4. The SMILES string of the molecule is FC(F)(F)c1ccc(Oc2ccc3cc2-3)cc1. The average molecular weight is 236 g/mol. The lowest BCUT2D eigenvalue weighted by Crippen LogP contribution is -2.03. The van der Waals surface area contributed by atoms with Crippen LogP contribution in [0.1, 0.15) is 5.56 Å². The van der Waals surface area contributed by atoms with Crippen molar-refractivity contribution in [2.75, 3.05) is 0 Å². The van der Waals surface area contributed by atoms with Crippen molar-refractivity contribution in [1.82, 2.24) is 0 Å². The van der Waals surface area contributed by atoms with Crippen LogP contribution in [0.2, 0.25) is 0 Å².